The Morgan fingerprint density at radius 2 is 1.95 bits per heavy atom. The van der Waals surface area contributed by atoms with Crippen molar-refractivity contribution in [1.82, 2.24) is 5.32 Å². The zero-order valence-corrected chi connectivity index (χ0v) is 12.9. The summed E-state index contributed by atoms with van der Waals surface area (Å²) in [6, 6.07) is 8.38. The molecular weight excluding hydrogens is 258 g/mol. The number of benzene rings is 1. The van der Waals surface area contributed by atoms with Crippen LogP contribution in [0.2, 0.25) is 0 Å². The van der Waals surface area contributed by atoms with Crippen molar-refractivity contribution >= 4 is 28.7 Å². The lowest BCUT2D eigenvalue weighted by molar-refractivity contribution is 0.172. The average molecular weight is 281 g/mol. The molecule has 0 bridgehead atoms. The minimum absolute atomic E-state index is 0.242. The molecule has 4 nitrogen and oxygen atoms in total. The van der Waals surface area contributed by atoms with Gasteiger partial charge in [0.15, 0.2) is 5.11 Å². The van der Waals surface area contributed by atoms with Crippen LogP contribution in [0.1, 0.15) is 13.3 Å². The molecule has 19 heavy (non-hydrogen) atoms. The highest BCUT2D eigenvalue weighted by atomic mass is 32.1. The van der Waals surface area contributed by atoms with Crippen molar-refractivity contribution < 1.29 is 4.74 Å². The highest BCUT2D eigenvalue weighted by molar-refractivity contribution is 7.80. The molecule has 0 saturated heterocycles. The van der Waals surface area contributed by atoms with Gasteiger partial charge in [0.05, 0.1) is 12.6 Å². The van der Waals surface area contributed by atoms with Gasteiger partial charge in [-0.3, -0.25) is 0 Å². The van der Waals surface area contributed by atoms with Crippen molar-refractivity contribution in [2.75, 3.05) is 38.0 Å². The summed E-state index contributed by atoms with van der Waals surface area (Å²) in [5.41, 5.74) is 2.14. The molecule has 0 spiro atoms. The van der Waals surface area contributed by atoms with Crippen LogP contribution in [0.5, 0.6) is 0 Å². The van der Waals surface area contributed by atoms with E-state index < -0.39 is 0 Å². The fourth-order valence-electron chi connectivity index (χ4n) is 1.66. The molecule has 0 aliphatic rings. The van der Waals surface area contributed by atoms with Gasteiger partial charge in [0, 0.05) is 32.6 Å². The third-order valence-electron chi connectivity index (χ3n) is 2.84. The molecule has 0 saturated carbocycles. The SMILES string of the molecule is CCC(COC)NC(=S)Nc1ccc(N(C)C)cc1. The maximum absolute atomic E-state index is 5.29. The second-order valence-electron chi connectivity index (χ2n) is 4.60. The third kappa shape index (κ3) is 5.44. The number of thiocarbonyl (C=S) groups is 1. The van der Waals surface area contributed by atoms with Crippen LogP contribution in [-0.4, -0.2) is 39.0 Å². The van der Waals surface area contributed by atoms with Crippen LogP contribution in [0, 0.1) is 0 Å². The van der Waals surface area contributed by atoms with Crippen molar-refractivity contribution in [2.45, 2.75) is 19.4 Å². The molecule has 0 amide bonds. The molecule has 106 valence electrons. The fourth-order valence-corrected chi connectivity index (χ4v) is 1.94. The van der Waals surface area contributed by atoms with Crippen molar-refractivity contribution in [2.24, 2.45) is 0 Å². The minimum Gasteiger partial charge on any atom is -0.383 e. The van der Waals surface area contributed by atoms with Crippen LogP contribution in [-0.2, 0) is 4.74 Å². The van der Waals surface area contributed by atoms with Gasteiger partial charge in [-0.25, -0.2) is 0 Å². The van der Waals surface area contributed by atoms with Crippen LogP contribution in [0.25, 0.3) is 0 Å². The summed E-state index contributed by atoms with van der Waals surface area (Å²) >= 11 is 5.29. The molecule has 5 heteroatoms. The number of rotatable bonds is 6. The topological polar surface area (TPSA) is 36.5 Å². The summed E-state index contributed by atoms with van der Waals surface area (Å²) in [4.78, 5) is 2.06. The van der Waals surface area contributed by atoms with Crippen molar-refractivity contribution in [3.63, 3.8) is 0 Å². The standard InChI is InChI=1S/C14H23N3OS/c1-5-11(10-18-4)15-14(19)16-12-6-8-13(9-7-12)17(2)3/h6-9,11H,5,10H2,1-4H3,(H2,15,16,19). The quantitative estimate of drug-likeness (QED) is 0.783. The molecule has 0 fully saturated rings. The highest BCUT2D eigenvalue weighted by Crippen LogP contribution is 2.15. The van der Waals surface area contributed by atoms with E-state index in [1.807, 2.05) is 26.2 Å². The van der Waals surface area contributed by atoms with Gasteiger partial charge in [-0.1, -0.05) is 6.92 Å². The number of nitrogens with one attached hydrogen (secondary N) is 2. The molecule has 1 aromatic rings. The summed E-state index contributed by atoms with van der Waals surface area (Å²) in [7, 11) is 5.73. The second-order valence-corrected chi connectivity index (χ2v) is 5.01. The fraction of sp³-hybridized carbons (Fsp3) is 0.500. The number of hydrogen-bond donors (Lipinski definition) is 2. The Morgan fingerprint density at radius 3 is 2.42 bits per heavy atom. The lowest BCUT2D eigenvalue weighted by atomic mass is 10.2. The summed E-state index contributed by atoms with van der Waals surface area (Å²) in [6.07, 6.45) is 0.967. The van der Waals surface area contributed by atoms with E-state index in [2.05, 4.69) is 34.6 Å². The first kappa shape index (κ1) is 15.7. The third-order valence-corrected chi connectivity index (χ3v) is 3.06. The maximum atomic E-state index is 5.29. The molecule has 0 aromatic heterocycles. The normalized spacial score (nSPS) is 11.8. The Labute approximate surface area is 121 Å². The molecule has 2 N–H and O–H groups in total. The average Bonchev–Trinajstić information content (AvgIpc) is 2.38. The number of hydrogen-bond acceptors (Lipinski definition) is 3. The van der Waals surface area contributed by atoms with E-state index in [9.17, 15) is 0 Å². The lowest BCUT2D eigenvalue weighted by Crippen LogP contribution is -2.40. The monoisotopic (exact) mass is 281 g/mol. The number of methoxy groups -OCH3 is 1. The zero-order valence-electron chi connectivity index (χ0n) is 12.1. The van der Waals surface area contributed by atoms with Crippen molar-refractivity contribution in [3.8, 4) is 0 Å². The van der Waals surface area contributed by atoms with Gasteiger partial charge in [-0.15, -0.1) is 0 Å². The van der Waals surface area contributed by atoms with Gasteiger partial charge in [0.2, 0.25) is 0 Å². The summed E-state index contributed by atoms with van der Waals surface area (Å²) < 4.78 is 5.13. The molecule has 1 unspecified atom stereocenters. The molecule has 0 radical (unpaired) electrons. The van der Waals surface area contributed by atoms with Gasteiger partial charge in [0.1, 0.15) is 0 Å². The predicted octanol–water partition coefficient (Wildman–Crippen LogP) is 2.46. The van der Waals surface area contributed by atoms with Gasteiger partial charge < -0.3 is 20.3 Å². The molecule has 1 aromatic carbocycles. The molecule has 0 aliphatic heterocycles. The highest BCUT2D eigenvalue weighted by Gasteiger charge is 2.07. The van der Waals surface area contributed by atoms with Crippen LogP contribution in [0.3, 0.4) is 0 Å². The summed E-state index contributed by atoms with van der Waals surface area (Å²) in [5.74, 6) is 0. The van der Waals surface area contributed by atoms with Gasteiger partial charge >= 0.3 is 0 Å². The first-order valence-corrected chi connectivity index (χ1v) is 6.81. The number of ether oxygens (including phenoxy) is 1. The Balaban J connectivity index is 2.52. The summed E-state index contributed by atoms with van der Waals surface area (Å²) in [6.45, 7) is 2.75. The van der Waals surface area contributed by atoms with E-state index in [4.69, 9.17) is 17.0 Å². The van der Waals surface area contributed by atoms with E-state index in [-0.39, 0.29) is 6.04 Å². The second kappa shape index (κ2) is 7.96. The summed E-state index contributed by atoms with van der Waals surface area (Å²) in [5, 5.41) is 7.04. The minimum atomic E-state index is 0.242. The molecule has 1 atom stereocenters. The number of anilines is 2. The largest absolute Gasteiger partial charge is 0.383 e. The Hall–Kier alpha value is -1.33. The van der Waals surface area contributed by atoms with E-state index >= 15 is 0 Å². The number of nitrogens with zero attached hydrogens (tertiary/aromatic N) is 1. The Morgan fingerprint density at radius 1 is 1.32 bits per heavy atom. The maximum Gasteiger partial charge on any atom is 0.171 e. The zero-order chi connectivity index (χ0) is 14.3. The van der Waals surface area contributed by atoms with Crippen LogP contribution in [0.15, 0.2) is 24.3 Å². The molecule has 0 heterocycles. The van der Waals surface area contributed by atoms with E-state index in [1.54, 1.807) is 7.11 Å². The van der Waals surface area contributed by atoms with Gasteiger partial charge in [-0.05, 0) is 42.9 Å². The van der Waals surface area contributed by atoms with Gasteiger partial charge in [-0.2, -0.15) is 0 Å². The predicted molar refractivity (Wildman–Crippen MR) is 86.1 cm³/mol. The molecular formula is C14H23N3OS. The van der Waals surface area contributed by atoms with E-state index in [1.165, 1.54) is 0 Å². The van der Waals surface area contributed by atoms with Crippen LogP contribution < -0.4 is 15.5 Å². The van der Waals surface area contributed by atoms with Crippen molar-refractivity contribution in [3.05, 3.63) is 24.3 Å². The lowest BCUT2D eigenvalue weighted by Gasteiger charge is -2.19. The molecule has 0 aliphatic carbocycles. The Kier molecular flexibility index (Phi) is 6.59. The first-order valence-electron chi connectivity index (χ1n) is 6.40. The van der Waals surface area contributed by atoms with Crippen LogP contribution in [0.4, 0.5) is 11.4 Å². The van der Waals surface area contributed by atoms with E-state index in [0.29, 0.717) is 11.7 Å². The van der Waals surface area contributed by atoms with E-state index in [0.717, 1.165) is 17.8 Å². The smallest absolute Gasteiger partial charge is 0.171 e. The van der Waals surface area contributed by atoms with Gasteiger partial charge in [0.25, 0.3) is 0 Å². The first-order chi connectivity index (χ1) is 9.06. The van der Waals surface area contributed by atoms with Crippen LogP contribution >= 0.6 is 12.2 Å². The van der Waals surface area contributed by atoms with Crippen molar-refractivity contribution in [1.29, 1.82) is 0 Å². The molecule has 1 rings (SSSR count). The Bertz CT molecular complexity index is 392.